The smallest absolute Gasteiger partial charge is 0.262 e. The highest BCUT2D eigenvalue weighted by Crippen LogP contribution is 2.16. The number of anilines is 1. The lowest BCUT2D eigenvalue weighted by Gasteiger charge is -2.12. The minimum absolute atomic E-state index is 0.0124. The molecule has 0 aliphatic carbocycles. The highest BCUT2D eigenvalue weighted by Gasteiger charge is 2.19. The normalized spacial score (nSPS) is 11.2. The van der Waals surface area contributed by atoms with Crippen LogP contribution in [0.2, 0.25) is 0 Å². The Hall–Kier alpha value is -4.08. The average Bonchev–Trinajstić information content (AvgIpc) is 3.13. The van der Waals surface area contributed by atoms with Crippen molar-refractivity contribution in [1.29, 1.82) is 0 Å². The first-order chi connectivity index (χ1) is 15.8. The molecule has 0 aliphatic heterocycles. The van der Waals surface area contributed by atoms with Crippen LogP contribution >= 0.6 is 0 Å². The van der Waals surface area contributed by atoms with Crippen LogP contribution < -0.4 is 16.3 Å². The molecule has 0 aromatic carbocycles. The second kappa shape index (κ2) is 8.81. The van der Waals surface area contributed by atoms with Crippen molar-refractivity contribution in [2.75, 3.05) is 5.32 Å². The molecule has 0 aliphatic rings. The summed E-state index contributed by atoms with van der Waals surface area (Å²) in [7, 11) is 0. The predicted molar refractivity (Wildman–Crippen MR) is 125 cm³/mol. The number of amides is 1. The number of hydrogen-bond acceptors (Lipinski definition) is 6. The molecule has 10 nitrogen and oxygen atoms in total. The van der Waals surface area contributed by atoms with Gasteiger partial charge in [0.25, 0.3) is 11.5 Å². The third-order valence-electron chi connectivity index (χ3n) is 5.21. The maximum Gasteiger partial charge on any atom is 0.262 e. The maximum atomic E-state index is 13.2. The Bertz CT molecular complexity index is 1480. The van der Waals surface area contributed by atoms with E-state index in [4.69, 9.17) is 0 Å². The summed E-state index contributed by atoms with van der Waals surface area (Å²) >= 11 is 0. The van der Waals surface area contributed by atoms with Gasteiger partial charge >= 0.3 is 0 Å². The van der Waals surface area contributed by atoms with E-state index in [1.807, 2.05) is 20.8 Å². The van der Waals surface area contributed by atoms with Crippen LogP contribution in [0.25, 0.3) is 17.0 Å². The number of carbonyl (C=O) groups excluding carboxylic acids is 1. The molecule has 4 aromatic heterocycles. The van der Waals surface area contributed by atoms with Gasteiger partial charge in [0.1, 0.15) is 17.0 Å². The Balaban J connectivity index is 1.76. The fourth-order valence-electron chi connectivity index (χ4n) is 3.67. The molecular formula is C23H25N7O3. The minimum Gasteiger partial charge on any atom is -0.332 e. The van der Waals surface area contributed by atoms with Gasteiger partial charge in [0.05, 0.1) is 11.1 Å². The quantitative estimate of drug-likeness (QED) is 0.467. The van der Waals surface area contributed by atoms with Crippen LogP contribution in [-0.4, -0.2) is 35.2 Å². The first kappa shape index (κ1) is 22.1. The molecule has 0 radical (unpaired) electrons. The van der Waals surface area contributed by atoms with Gasteiger partial charge in [-0.25, -0.2) is 9.97 Å². The van der Waals surface area contributed by atoms with Crippen molar-refractivity contribution in [1.82, 2.24) is 29.3 Å². The van der Waals surface area contributed by atoms with Crippen LogP contribution in [0, 0.1) is 13.8 Å². The van der Waals surface area contributed by atoms with Gasteiger partial charge < -0.3 is 9.88 Å². The Labute approximate surface area is 189 Å². The third kappa shape index (κ3) is 4.32. The summed E-state index contributed by atoms with van der Waals surface area (Å²) in [6.07, 6.45) is 2.99. The Kier molecular flexibility index (Phi) is 5.91. The molecule has 0 saturated heterocycles. The summed E-state index contributed by atoms with van der Waals surface area (Å²) in [5, 5.41) is 7.49. The van der Waals surface area contributed by atoms with Crippen LogP contribution in [0.1, 0.15) is 47.7 Å². The summed E-state index contributed by atoms with van der Waals surface area (Å²) in [5.41, 5.74) is 1.84. The van der Waals surface area contributed by atoms with Crippen LogP contribution in [0.3, 0.4) is 0 Å². The number of carbonyl (C=O) groups is 1. The lowest BCUT2D eigenvalue weighted by atomic mass is 10.1. The lowest BCUT2D eigenvalue weighted by Crippen LogP contribution is -2.25. The molecule has 170 valence electrons. The SMILES string of the molecule is CCCc1cc(=O)[nH]c(-n2nc(C)cc2NC(=O)c2cn(CC)c3nc(C)ccc3c2=O)n1. The third-order valence-corrected chi connectivity index (χ3v) is 5.21. The summed E-state index contributed by atoms with van der Waals surface area (Å²) in [4.78, 5) is 49.9. The average molecular weight is 447 g/mol. The van der Waals surface area contributed by atoms with Gasteiger partial charge in [-0.15, -0.1) is 0 Å². The van der Waals surface area contributed by atoms with E-state index in [9.17, 15) is 14.4 Å². The largest absolute Gasteiger partial charge is 0.332 e. The first-order valence-electron chi connectivity index (χ1n) is 10.8. The molecular weight excluding hydrogens is 422 g/mol. The highest BCUT2D eigenvalue weighted by atomic mass is 16.2. The second-order valence-electron chi connectivity index (χ2n) is 7.83. The molecule has 0 atom stereocenters. The van der Waals surface area contributed by atoms with Crippen molar-refractivity contribution in [3.05, 3.63) is 73.7 Å². The first-order valence-corrected chi connectivity index (χ1v) is 10.8. The van der Waals surface area contributed by atoms with Gasteiger partial charge in [-0.05, 0) is 39.3 Å². The molecule has 2 N–H and O–H groups in total. The van der Waals surface area contributed by atoms with E-state index in [-0.39, 0.29) is 17.1 Å². The van der Waals surface area contributed by atoms with E-state index < -0.39 is 11.3 Å². The number of rotatable bonds is 6. The standard InChI is InChI=1S/C23H25N7O3/c1-5-7-15-11-19(31)27-23(25-15)30-18(10-14(4)28-30)26-22(33)17-12-29(6-2)21-16(20(17)32)9-8-13(3)24-21/h8-12H,5-7H2,1-4H3,(H,26,33)(H,25,27,31). The number of aromatic nitrogens is 6. The van der Waals surface area contributed by atoms with Crippen LogP contribution in [0.5, 0.6) is 0 Å². The molecule has 33 heavy (non-hydrogen) atoms. The van der Waals surface area contributed by atoms with Crippen molar-refractivity contribution in [2.45, 2.75) is 47.1 Å². The molecule has 0 unspecified atom stereocenters. The molecule has 4 rings (SSSR count). The summed E-state index contributed by atoms with van der Waals surface area (Å²) in [5.74, 6) is -0.102. The molecule has 1 amide bonds. The molecule has 4 aromatic rings. The van der Waals surface area contributed by atoms with E-state index in [1.54, 1.807) is 29.7 Å². The van der Waals surface area contributed by atoms with Crippen molar-refractivity contribution in [3.63, 3.8) is 0 Å². The fraction of sp³-hybridized carbons (Fsp3) is 0.304. The zero-order valence-electron chi connectivity index (χ0n) is 19.0. The van der Waals surface area contributed by atoms with Gasteiger partial charge in [-0.2, -0.15) is 9.78 Å². The minimum atomic E-state index is -0.585. The van der Waals surface area contributed by atoms with Crippen LogP contribution in [0.4, 0.5) is 5.82 Å². The van der Waals surface area contributed by atoms with Crippen LogP contribution in [-0.2, 0) is 13.0 Å². The van der Waals surface area contributed by atoms with Gasteiger partial charge in [0.15, 0.2) is 0 Å². The van der Waals surface area contributed by atoms with Gasteiger partial charge in [0.2, 0.25) is 11.4 Å². The molecule has 10 heteroatoms. The number of pyridine rings is 2. The molecule has 0 bridgehead atoms. The molecule has 0 spiro atoms. The molecule has 4 heterocycles. The predicted octanol–water partition coefficient (Wildman–Crippen LogP) is 2.51. The highest BCUT2D eigenvalue weighted by molar-refractivity contribution is 6.05. The number of hydrogen-bond donors (Lipinski definition) is 2. The number of nitrogens with zero attached hydrogens (tertiary/aromatic N) is 5. The van der Waals surface area contributed by atoms with Crippen LogP contribution in [0.15, 0.2) is 40.1 Å². The number of nitrogens with one attached hydrogen (secondary N) is 2. The van der Waals surface area contributed by atoms with E-state index in [2.05, 4.69) is 25.4 Å². The summed E-state index contributed by atoms with van der Waals surface area (Å²) in [6, 6.07) is 6.52. The number of fused-ring (bicyclic) bond motifs is 1. The number of H-pyrrole nitrogens is 1. The van der Waals surface area contributed by atoms with Gasteiger partial charge in [0, 0.05) is 36.3 Å². The van der Waals surface area contributed by atoms with Crippen molar-refractivity contribution >= 4 is 22.8 Å². The zero-order valence-corrected chi connectivity index (χ0v) is 19.0. The van der Waals surface area contributed by atoms with E-state index in [0.717, 1.165) is 12.1 Å². The monoisotopic (exact) mass is 447 g/mol. The lowest BCUT2D eigenvalue weighted by molar-refractivity contribution is 0.102. The van der Waals surface area contributed by atoms with Crippen molar-refractivity contribution in [2.24, 2.45) is 0 Å². The number of aromatic amines is 1. The van der Waals surface area contributed by atoms with Gasteiger partial charge in [-0.1, -0.05) is 13.3 Å². The van der Waals surface area contributed by atoms with Crippen molar-refractivity contribution in [3.8, 4) is 5.95 Å². The Morgan fingerprint density at radius 1 is 1.09 bits per heavy atom. The summed E-state index contributed by atoms with van der Waals surface area (Å²) < 4.78 is 3.13. The molecule has 0 saturated carbocycles. The maximum absolute atomic E-state index is 13.2. The summed E-state index contributed by atoms with van der Waals surface area (Å²) in [6.45, 7) is 8.06. The Morgan fingerprint density at radius 3 is 2.61 bits per heavy atom. The Morgan fingerprint density at radius 2 is 1.88 bits per heavy atom. The second-order valence-corrected chi connectivity index (χ2v) is 7.83. The van der Waals surface area contributed by atoms with Gasteiger partial charge in [-0.3, -0.25) is 19.4 Å². The molecule has 0 fully saturated rings. The van der Waals surface area contributed by atoms with E-state index >= 15 is 0 Å². The fourth-order valence-corrected chi connectivity index (χ4v) is 3.67. The van der Waals surface area contributed by atoms with Crippen molar-refractivity contribution < 1.29 is 4.79 Å². The zero-order chi connectivity index (χ0) is 23.7. The number of aryl methyl sites for hydroxylation is 4. The van der Waals surface area contributed by atoms with E-state index in [1.165, 1.54) is 16.9 Å². The van der Waals surface area contributed by atoms with E-state index in [0.29, 0.717) is 41.2 Å². The topological polar surface area (TPSA) is 128 Å².